The standard InChI is InChI=1S/C36H22N2S/c1-2-8-28-27(7-1)30-12-6-22-37-34(30)35-31(28)21-20-25(38-35)19-16-23-14-17-24(18-15-23)26-10-5-11-32-29-9-3-4-13-33(29)39-36(26)32/h1-15,17-18,20-21,37H,22H2. The Morgan fingerprint density at radius 3 is 2.36 bits per heavy atom. The molecular weight excluding hydrogens is 492 g/mol. The number of pyridine rings is 1. The van der Waals surface area contributed by atoms with E-state index in [1.165, 1.54) is 47.6 Å². The highest BCUT2D eigenvalue weighted by Crippen LogP contribution is 2.40. The van der Waals surface area contributed by atoms with Crippen LogP contribution in [0, 0.1) is 11.8 Å². The van der Waals surface area contributed by atoms with Gasteiger partial charge >= 0.3 is 0 Å². The van der Waals surface area contributed by atoms with E-state index >= 15 is 0 Å². The summed E-state index contributed by atoms with van der Waals surface area (Å²) in [5.74, 6) is 6.65. The van der Waals surface area contributed by atoms with Crippen molar-refractivity contribution in [2.45, 2.75) is 0 Å². The maximum atomic E-state index is 5.01. The molecule has 3 heteroatoms. The second kappa shape index (κ2) is 8.84. The highest BCUT2D eigenvalue weighted by molar-refractivity contribution is 7.26. The largest absolute Gasteiger partial charge is 0.379 e. The molecule has 3 heterocycles. The maximum absolute atomic E-state index is 5.01. The van der Waals surface area contributed by atoms with Crippen LogP contribution >= 0.6 is 11.3 Å². The Morgan fingerprint density at radius 2 is 1.46 bits per heavy atom. The van der Waals surface area contributed by atoms with Gasteiger partial charge in [0.25, 0.3) is 0 Å². The predicted molar refractivity (Wildman–Crippen MR) is 168 cm³/mol. The van der Waals surface area contributed by atoms with Crippen LogP contribution in [-0.4, -0.2) is 11.5 Å². The van der Waals surface area contributed by atoms with Crippen molar-refractivity contribution in [2.24, 2.45) is 0 Å². The minimum absolute atomic E-state index is 0.774. The molecule has 1 aliphatic heterocycles. The van der Waals surface area contributed by atoms with Crippen LogP contribution in [0.2, 0.25) is 0 Å². The number of nitrogens with zero attached hydrogens (tertiary/aromatic N) is 1. The summed E-state index contributed by atoms with van der Waals surface area (Å²) in [4.78, 5) is 5.01. The predicted octanol–water partition coefficient (Wildman–Crippen LogP) is 9.26. The number of benzene rings is 5. The monoisotopic (exact) mass is 514 g/mol. The average molecular weight is 515 g/mol. The fourth-order valence-electron chi connectivity index (χ4n) is 5.69. The summed E-state index contributed by atoms with van der Waals surface area (Å²) >= 11 is 1.86. The minimum atomic E-state index is 0.774. The number of fused-ring (bicyclic) bond motifs is 9. The number of nitrogens with one attached hydrogen (secondary N) is 1. The van der Waals surface area contributed by atoms with Gasteiger partial charge in [-0.3, -0.25) is 0 Å². The van der Waals surface area contributed by atoms with Gasteiger partial charge in [-0.25, -0.2) is 4.98 Å². The molecule has 2 nitrogen and oxygen atoms in total. The van der Waals surface area contributed by atoms with Crippen LogP contribution < -0.4 is 5.32 Å². The van der Waals surface area contributed by atoms with Gasteiger partial charge in [0.05, 0.1) is 11.2 Å². The Hall–Kier alpha value is -4.91. The van der Waals surface area contributed by atoms with Crippen LogP contribution in [0.1, 0.15) is 16.8 Å². The maximum Gasteiger partial charge on any atom is 0.114 e. The number of hydrogen-bond donors (Lipinski definition) is 1. The van der Waals surface area contributed by atoms with Crippen molar-refractivity contribution in [3.8, 4) is 23.0 Å². The van der Waals surface area contributed by atoms with E-state index in [-0.39, 0.29) is 0 Å². The molecule has 8 rings (SSSR count). The van der Waals surface area contributed by atoms with E-state index in [2.05, 4.69) is 126 Å². The number of rotatable bonds is 1. The van der Waals surface area contributed by atoms with E-state index in [9.17, 15) is 0 Å². The summed E-state index contributed by atoms with van der Waals surface area (Å²) in [6.45, 7) is 0.805. The first-order chi connectivity index (χ1) is 19.3. The lowest BCUT2D eigenvalue weighted by molar-refractivity contribution is 1.30. The van der Waals surface area contributed by atoms with Gasteiger partial charge in [-0.15, -0.1) is 11.3 Å². The highest BCUT2D eigenvalue weighted by Gasteiger charge is 2.15. The Bertz CT molecular complexity index is 2170. The molecule has 1 N–H and O–H groups in total. The molecule has 0 aliphatic carbocycles. The molecular formula is C36H22N2S. The van der Waals surface area contributed by atoms with Gasteiger partial charge in [0.1, 0.15) is 5.69 Å². The van der Waals surface area contributed by atoms with E-state index in [1.807, 2.05) is 17.4 Å². The van der Waals surface area contributed by atoms with Crippen LogP contribution in [0.15, 0.2) is 109 Å². The smallest absolute Gasteiger partial charge is 0.114 e. The van der Waals surface area contributed by atoms with Crippen molar-refractivity contribution >= 4 is 64.9 Å². The molecule has 182 valence electrons. The number of thiophene rings is 1. The quantitative estimate of drug-likeness (QED) is 0.174. The first-order valence-corrected chi connectivity index (χ1v) is 13.9. The van der Waals surface area contributed by atoms with Crippen molar-refractivity contribution < 1.29 is 0 Å². The average Bonchev–Trinajstić information content (AvgIpc) is 3.39. The number of aromatic nitrogens is 1. The molecule has 0 bridgehead atoms. The van der Waals surface area contributed by atoms with Gasteiger partial charge in [0.2, 0.25) is 0 Å². The minimum Gasteiger partial charge on any atom is -0.379 e. The van der Waals surface area contributed by atoms with Gasteiger partial charge in [0, 0.05) is 43.2 Å². The van der Waals surface area contributed by atoms with Crippen molar-refractivity contribution in [1.29, 1.82) is 0 Å². The van der Waals surface area contributed by atoms with E-state index in [0.29, 0.717) is 0 Å². The van der Waals surface area contributed by atoms with Gasteiger partial charge < -0.3 is 5.32 Å². The number of anilines is 1. The molecule has 0 unspecified atom stereocenters. The van der Waals surface area contributed by atoms with Gasteiger partial charge in [0.15, 0.2) is 0 Å². The highest BCUT2D eigenvalue weighted by atomic mass is 32.1. The van der Waals surface area contributed by atoms with Crippen LogP contribution in [0.3, 0.4) is 0 Å². The van der Waals surface area contributed by atoms with Crippen LogP contribution in [0.4, 0.5) is 5.69 Å². The lowest BCUT2D eigenvalue weighted by atomic mass is 9.95. The third kappa shape index (κ3) is 3.61. The summed E-state index contributed by atoms with van der Waals surface area (Å²) in [7, 11) is 0. The topological polar surface area (TPSA) is 24.9 Å². The normalized spacial score (nSPS) is 12.4. The lowest BCUT2D eigenvalue weighted by Gasteiger charge is -2.18. The Labute approximate surface area is 230 Å². The number of hydrogen-bond acceptors (Lipinski definition) is 3. The molecule has 39 heavy (non-hydrogen) atoms. The first kappa shape index (κ1) is 22.1. The first-order valence-electron chi connectivity index (χ1n) is 13.1. The molecule has 0 saturated heterocycles. The second-order valence-electron chi connectivity index (χ2n) is 9.82. The summed E-state index contributed by atoms with van der Waals surface area (Å²) in [5.41, 5.74) is 7.50. The summed E-state index contributed by atoms with van der Waals surface area (Å²) in [6, 6.07) is 36.5. The molecule has 7 aromatic rings. The van der Waals surface area contributed by atoms with Gasteiger partial charge in [-0.05, 0) is 58.2 Å². The summed E-state index contributed by atoms with van der Waals surface area (Å²) < 4.78 is 2.66. The zero-order chi connectivity index (χ0) is 25.8. The van der Waals surface area contributed by atoms with Crippen LogP contribution in [-0.2, 0) is 0 Å². The fourth-order valence-corrected chi connectivity index (χ4v) is 6.92. The van der Waals surface area contributed by atoms with Crippen molar-refractivity contribution in [3.05, 3.63) is 126 Å². The Balaban J connectivity index is 1.17. The molecule has 1 aliphatic rings. The van der Waals surface area contributed by atoms with Crippen LogP contribution in [0.25, 0.3) is 59.1 Å². The van der Waals surface area contributed by atoms with E-state index in [4.69, 9.17) is 4.98 Å². The van der Waals surface area contributed by atoms with E-state index < -0.39 is 0 Å². The molecule has 0 amide bonds. The van der Waals surface area contributed by atoms with Gasteiger partial charge in [-0.2, -0.15) is 0 Å². The SMILES string of the molecule is C(#Cc1ccc2c(n1)c1c(c3ccccc32)C=CCN1)c1ccc(-c2cccc3c2sc2ccccc23)cc1. The third-order valence-electron chi connectivity index (χ3n) is 7.53. The Kier molecular flexibility index (Phi) is 5.01. The van der Waals surface area contributed by atoms with Crippen molar-refractivity contribution in [3.63, 3.8) is 0 Å². The summed E-state index contributed by atoms with van der Waals surface area (Å²) in [6.07, 6.45) is 4.36. The fraction of sp³-hybridized carbons (Fsp3) is 0.0278. The van der Waals surface area contributed by atoms with Crippen LogP contribution in [0.5, 0.6) is 0 Å². The second-order valence-corrected chi connectivity index (χ2v) is 10.9. The lowest BCUT2D eigenvalue weighted by Crippen LogP contribution is -2.06. The molecule has 0 fully saturated rings. The molecule has 2 aromatic heterocycles. The molecule has 5 aromatic carbocycles. The van der Waals surface area contributed by atoms with E-state index in [1.54, 1.807) is 0 Å². The zero-order valence-corrected chi connectivity index (χ0v) is 21.8. The van der Waals surface area contributed by atoms with E-state index in [0.717, 1.165) is 34.4 Å². The Morgan fingerprint density at radius 1 is 0.667 bits per heavy atom. The summed E-state index contributed by atoms with van der Waals surface area (Å²) in [5, 5.41) is 9.80. The molecule has 0 spiro atoms. The van der Waals surface area contributed by atoms with Crippen molar-refractivity contribution in [2.75, 3.05) is 11.9 Å². The molecule has 0 radical (unpaired) electrons. The molecule has 0 saturated carbocycles. The van der Waals surface area contributed by atoms with Crippen molar-refractivity contribution in [1.82, 2.24) is 4.98 Å². The van der Waals surface area contributed by atoms with Gasteiger partial charge in [-0.1, -0.05) is 90.9 Å². The third-order valence-corrected chi connectivity index (χ3v) is 8.74. The molecule has 0 atom stereocenters. The zero-order valence-electron chi connectivity index (χ0n) is 21.0.